The van der Waals surface area contributed by atoms with Crippen LogP contribution in [-0.2, 0) is 14.3 Å². The minimum Gasteiger partial charge on any atom is -0.466 e. The Bertz CT molecular complexity index is 850. The van der Waals surface area contributed by atoms with Crippen molar-refractivity contribution in [2.24, 2.45) is 5.92 Å². The number of aromatic nitrogens is 1. The molecule has 0 aliphatic heterocycles. The molecule has 0 radical (unpaired) electrons. The average Bonchev–Trinajstić information content (AvgIpc) is 3.04. The quantitative estimate of drug-likeness (QED) is 0.518. The third-order valence-electron chi connectivity index (χ3n) is 5.05. The lowest BCUT2D eigenvalue weighted by molar-refractivity contribution is -0.149. The number of aryl methyl sites for hydroxylation is 1. The van der Waals surface area contributed by atoms with Crippen LogP contribution >= 0.6 is 11.6 Å². The van der Waals surface area contributed by atoms with Crippen molar-refractivity contribution in [1.82, 2.24) is 5.16 Å². The zero-order valence-corrected chi connectivity index (χ0v) is 16.5. The van der Waals surface area contributed by atoms with E-state index in [4.69, 9.17) is 20.9 Å². The third-order valence-corrected chi connectivity index (χ3v) is 5.37. The fraction of sp³-hybridized carbons (Fsp3) is 0.450. The highest BCUT2D eigenvalue weighted by atomic mass is 35.5. The first-order valence-electron chi connectivity index (χ1n) is 9.28. The Morgan fingerprint density at radius 2 is 2.25 bits per heavy atom. The number of esters is 1. The van der Waals surface area contributed by atoms with Gasteiger partial charge in [-0.15, -0.1) is 0 Å². The number of anilines is 1. The van der Waals surface area contributed by atoms with Crippen LogP contribution in [0.15, 0.2) is 22.7 Å². The van der Waals surface area contributed by atoms with E-state index in [1.165, 1.54) is 17.0 Å². The fourth-order valence-electron chi connectivity index (χ4n) is 3.76. The molecule has 8 heteroatoms. The number of hydrogen-bond donors (Lipinski definition) is 0. The molecule has 3 rings (SSSR count). The van der Waals surface area contributed by atoms with Crippen LogP contribution < -0.4 is 4.90 Å². The van der Waals surface area contributed by atoms with Crippen LogP contribution in [0.5, 0.6) is 0 Å². The molecule has 0 spiro atoms. The molecule has 0 N–H and O–H groups in total. The maximum absolute atomic E-state index is 14.4. The Hall–Kier alpha value is -2.41. The first-order valence-corrected chi connectivity index (χ1v) is 9.66. The van der Waals surface area contributed by atoms with Crippen LogP contribution in [-0.4, -0.2) is 30.2 Å². The highest BCUT2D eigenvalue weighted by molar-refractivity contribution is 6.33. The summed E-state index contributed by atoms with van der Waals surface area (Å²) >= 11 is 6.18. The number of rotatable bonds is 6. The SMILES string of the molecule is CCOC(=O)[C@@H]1CCC[C@H](N(C=O)c2c(C)noc2-c2c(F)cccc2Cl)C1. The van der Waals surface area contributed by atoms with Gasteiger partial charge in [0.1, 0.15) is 17.2 Å². The van der Waals surface area contributed by atoms with E-state index in [9.17, 15) is 14.0 Å². The van der Waals surface area contributed by atoms with Gasteiger partial charge in [0, 0.05) is 6.04 Å². The predicted molar refractivity (Wildman–Crippen MR) is 103 cm³/mol. The van der Waals surface area contributed by atoms with Gasteiger partial charge in [-0.2, -0.15) is 0 Å². The van der Waals surface area contributed by atoms with Crippen LogP contribution in [0, 0.1) is 18.7 Å². The second kappa shape index (κ2) is 8.73. The molecule has 2 atom stereocenters. The van der Waals surface area contributed by atoms with Gasteiger partial charge in [0.2, 0.25) is 6.41 Å². The summed E-state index contributed by atoms with van der Waals surface area (Å²) in [5.41, 5.74) is 0.876. The Balaban J connectivity index is 1.97. The van der Waals surface area contributed by atoms with Crippen LogP contribution in [0.1, 0.15) is 38.3 Å². The lowest BCUT2D eigenvalue weighted by atomic mass is 9.84. The molecule has 1 fully saturated rings. The summed E-state index contributed by atoms with van der Waals surface area (Å²) in [6, 6.07) is 4.06. The molecule has 1 heterocycles. The summed E-state index contributed by atoms with van der Waals surface area (Å²) in [6.07, 6.45) is 3.35. The first-order chi connectivity index (χ1) is 13.5. The molecule has 28 heavy (non-hydrogen) atoms. The molecule has 1 saturated carbocycles. The highest BCUT2D eigenvalue weighted by Gasteiger charge is 2.35. The smallest absolute Gasteiger partial charge is 0.308 e. The molecule has 2 aromatic rings. The Labute approximate surface area is 167 Å². The highest BCUT2D eigenvalue weighted by Crippen LogP contribution is 2.41. The van der Waals surface area contributed by atoms with Crippen molar-refractivity contribution in [1.29, 1.82) is 0 Å². The lowest BCUT2D eigenvalue weighted by Crippen LogP contribution is -2.40. The number of hydrogen-bond acceptors (Lipinski definition) is 5. The lowest BCUT2D eigenvalue weighted by Gasteiger charge is -2.34. The third kappa shape index (κ3) is 3.90. The van der Waals surface area contributed by atoms with Crippen molar-refractivity contribution < 1.29 is 23.2 Å². The van der Waals surface area contributed by atoms with Gasteiger partial charge < -0.3 is 14.2 Å². The number of halogens is 2. The van der Waals surface area contributed by atoms with Gasteiger partial charge in [-0.1, -0.05) is 29.2 Å². The van der Waals surface area contributed by atoms with Crippen LogP contribution in [0.25, 0.3) is 11.3 Å². The molecule has 1 aliphatic rings. The number of carbonyl (C=O) groups is 2. The first kappa shape index (κ1) is 20.3. The van der Waals surface area contributed by atoms with Gasteiger partial charge >= 0.3 is 5.97 Å². The summed E-state index contributed by atoms with van der Waals surface area (Å²) in [5.74, 6) is -0.992. The second-order valence-electron chi connectivity index (χ2n) is 6.82. The molecule has 1 amide bonds. The van der Waals surface area contributed by atoms with E-state index in [2.05, 4.69) is 5.16 Å². The summed E-state index contributed by atoms with van der Waals surface area (Å²) in [6.45, 7) is 3.76. The molecule has 6 nitrogen and oxygen atoms in total. The molecule has 0 bridgehead atoms. The Kier molecular flexibility index (Phi) is 6.34. The van der Waals surface area contributed by atoms with E-state index < -0.39 is 5.82 Å². The van der Waals surface area contributed by atoms with Gasteiger partial charge in [-0.3, -0.25) is 9.59 Å². The molecule has 150 valence electrons. The predicted octanol–water partition coefficient (Wildman–Crippen LogP) is 4.53. The van der Waals surface area contributed by atoms with Crippen molar-refractivity contribution in [2.45, 2.75) is 45.6 Å². The molecule has 1 aromatic heterocycles. The van der Waals surface area contributed by atoms with Crippen LogP contribution in [0.3, 0.4) is 0 Å². The molecule has 1 aromatic carbocycles. The number of amides is 1. The van der Waals surface area contributed by atoms with E-state index >= 15 is 0 Å². The van der Waals surface area contributed by atoms with Gasteiger partial charge in [-0.25, -0.2) is 4.39 Å². The van der Waals surface area contributed by atoms with Crippen molar-refractivity contribution in [3.8, 4) is 11.3 Å². The Morgan fingerprint density at radius 1 is 1.46 bits per heavy atom. The zero-order valence-electron chi connectivity index (χ0n) is 15.8. The minimum atomic E-state index is -0.566. The number of carbonyl (C=O) groups excluding carboxylic acids is 2. The van der Waals surface area contributed by atoms with Crippen molar-refractivity contribution in [3.05, 3.63) is 34.7 Å². The van der Waals surface area contributed by atoms with E-state index in [0.717, 1.165) is 12.8 Å². The van der Waals surface area contributed by atoms with E-state index in [-0.39, 0.29) is 34.3 Å². The summed E-state index contributed by atoms with van der Waals surface area (Å²) in [7, 11) is 0. The number of nitrogens with zero attached hydrogens (tertiary/aromatic N) is 2. The average molecular weight is 409 g/mol. The normalized spacial score (nSPS) is 19.3. The van der Waals surface area contributed by atoms with Crippen molar-refractivity contribution >= 4 is 29.7 Å². The summed E-state index contributed by atoms with van der Waals surface area (Å²) in [4.78, 5) is 25.7. The summed E-state index contributed by atoms with van der Waals surface area (Å²) in [5, 5.41) is 4.09. The van der Waals surface area contributed by atoms with Crippen molar-refractivity contribution in [2.75, 3.05) is 11.5 Å². The summed E-state index contributed by atoms with van der Waals surface area (Å²) < 4.78 is 24.9. The molecular weight excluding hydrogens is 387 g/mol. The second-order valence-corrected chi connectivity index (χ2v) is 7.23. The molecule has 1 aliphatic carbocycles. The molecule has 0 saturated heterocycles. The van der Waals surface area contributed by atoms with E-state index in [0.29, 0.717) is 37.2 Å². The minimum absolute atomic E-state index is 0.0596. The topological polar surface area (TPSA) is 72.6 Å². The standard InChI is InChI=1S/C20H22ClFN2O4/c1-3-27-20(26)13-6-4-7-14(10-13)24(11-25)18-12(2)23-28-19(18)17-15(21)8-5-9-16(17)22/h5,8-9,11,13-14H,3-4,6-7,10H2,1-2H3/t13-,14+/m1/s1. The monoisotopic (exact) mass is 408 g/mol. The van der Waals surface area contributed by atoms with E-state index in [1.807, 2.05) is 0 Å². The molecular formula is C20H22ClFN2O4. The number of benzene rings is 1. The fourth-order valence-corrected chi connectivity index (χ4v) is 4.01. The largest absolute Gasteiger partial charge is 0.466 e. The molecule has 0 unspecified atom stereocenters. The van der Waals surface area contributed by atoms with Crippen LogP contribution in [0.2, 0.25) is 5.02 Å². The van der Waals surface area contributed by atoms with E-state index in [1.54, 1.807) is 19.9 Å². The van der Waals surface area contributed by atoms with Gasteiger partial charge in [0.15, 0.2) is 5.76 Å². The van der Waals surface area contributed by atoms with Gasteiger partial charge in [-0.05, 0) is 45.2 Å². The van der Waals surface area contributed by atoms with Crippen molar-refractivity contribution in [3.63, 3.8) is 0 Å². The maximum Gasteiger partial charge on any atom is 0.308 e. The number of ether oxygens (including phenoxy) is 1. The van der Waals surface area contributed by atoms with Gasteiger partial charge in [0.25, 0.3) is 0 Å². The Morgan fingerprint density at radius 3 is 2.93 bits per heavy atom. The van der Waals surface area contributed by atoms with Gasteiger partial charge in [0.05, 0.1) is 23.1 Å². The van der Waals surface area contributed by atoms with Crippen LogP contribution in [0.4, 0.5) is 10.1 Å². The zero-order chi connectivity index (χ0) is 20.3. The maximum atomic E-state index is 14.4.